The van der Waals surface area contributed by atoms with Gasteiger partial charge in [-0.3, -0.25) is 9.89 Å². The lowest BCUT2D eigenvalue weighted by Gasteiger charge is -2.29. The summed E-state index contributed by atoms with van der Waals surface area (Å²) in [5.74, 6) is 1.62. The molecule has 3 rings (SSSR count). The number of nitrogens with one attached hydrogen (secondary N) is 2. The summed E-state index contributed by atoms with van der Waals surface area (Å²) in [5, 5.41) is 16.3. The average molecular weight is 397 g/mol. The smallest absolute Gasteiger partial charge is 0.191 e. The summed E-state index contributed by atoms with van der Waals surface area (Å²) in [5.41, 5.74) is 3.67. The van der Waals surface area contributed by atoms with Crippen molar-refractivity contribution in [3.05, 3.63) is 65.2 Å². The lowest BCUT2D eigenvalue weighted by atomic mass is 10.1. The quantitative estimate of drug-likeness (QED) is 0.496. The van der Waals surface area contributed by atoms with Gasteiger partial charge >= 0.3 is 0 Å². The molecular formula is C23H32N4O2. The Labute approximate surface area is 173 Å². The van der Waals surface area contributed by atoms with Gasteiger partial charge in [0, 0.05) is 39.8 Å². The van der Waals surface area contributed by atoms with Crippen LogP contribution in [0, 0.1) is 0 Å². The van der Waals surface area contributed by atoms with Crippen LogP contribution in [0.1, 0.15) is 29.5 Å². The summed E-state index contributed by atoms with van der Waals surface area (Å²) in [6.07, 6.45) is 1.64. The summed E-state index contributed by atoms with van der Waals surface area (Å²) in [6, 6.07) is 16.7. The van der Waals surface area contributed by atoms with Crippen LogP contribution >= 0.6 is 0 Å². The Morgan fingerprint density at radius 3 is 2.34 bits per heavy atom. The van der Waals surface area contributed by atoms with Crippen LogP contribution in [0.4, 0.5) is 0 Å². The molecule has 0 bridgehead atoms. The van der Waals surface area contributed by atoms with E-state index in [9.17, 15) is 5.11 Å². The number of aliphatic hydroxyl groups excluding tert-OH is 1. The normalized spacial score (nSPS) is 15.9. The van der Waals surface area contributed by atoms with Crippen LogP contribution in [0.3, 0.4) is 0 Å². The fourth-order valence-electron chi connectivity index (χ4n) is 3.47. The van der Waals surface area contributed by atoms with E-state index in [0.29, 0.717) is 13.1 Å². The summed E-state index contributed by atoms with van der Waals surface area (Å²) in [7, 11) is 3.45. The lowest BCUT2D eigenvalue weighted by molar-refractivity contribution is 0.0792. The predicted molar refractivity (Wildman–Crippen MR) is 117 cm³/mol. The highest BCUT2D eigenvalue weighted by Gasteiger charge is 2.16. The minimum absolute atomic E-state index is 0.119. The van der Waals surface area contributed by atoms with Crippen LogP contribution in [-0.2, 0) is 19.6 Å². The molecule has 1 aliphatic heterocycles. The van der Waals surface area contributed by atoms with Crippen molar-refractivity contribution in [3.63, 3.8) is 0 Å². The van der Waals surface area contributed by atoms with Gasteiger partial charge in [0.25, 0.3) is 0 Å². The Morgan fingerprint density at radius 1 is 1.03 bits per heavy atom. The van der Waals surface area contributed by atoms with E-state index in [2.05, 4.69) is 50.9 Å². The average Bonchev–Trinajstić information content (AvgIpc) is 2.76. The Morgan fingerprint density at radius 2 is 1.69 bits per heavy atom. The zero-order valence-corrected chi connectivity index (χ0v) is 17.4. The van der Waals surface area contributed by atoms with Gasteiger partial charge < -0.3 is 20.5 Å². The zero-order chi connectivity index (χ0) is 20.5. The minimum atomic E-state index is -0.119. The van der Waals surface area contributed by atoms with Crippen molar-refractivity contribution in [2.45, 2.75) is 38.6 Å². The molecule has 3 N–H and O–H groups in total. The first-order chi connectivity index (χ1) is 14.2. The van der Waals surface area contributed by atoms with E-state index in [1.165, 1.54) is 11.1 Å². The van der Waals surface area contributed by atoms with Crippen molar-refractivity contribution in [2.75, 3.05) is 27.2 Å². The third-order valence-electron chi connectivity index (χ3n) is 5.26. The summed E-state index contributed by atoms with van der Waals surface area (Å²) in [4.78, 5) is 6.70. The number of nitrogens with zero attached hydrogens (tertiary/aromatic N) is 2. The molecule has 1 fully saturated rings. The predicted octanol–water partition coefficient (Wildman–Crippen LogP) is 2.52. The maximum absolute atomic E-state index is 9.63. The Hall–Kier alpha value is -2.57. The second-order valence-corrected chi connectivity index (χ2v) is 7.45. The van der Waals surface area contributed by atoms with Gasteiger partial charge in [-0.2, -0.15) is 0 Å². The first-order valence-electron chi connectivity index (χ1n) is 10.2. The van der Waals surface area contributed by atoms with Gasteiger partial charge in [-0.25, -0.2) is 0 Å². The largest absolute Gasteiger partial charge is 0.497 e. The molecule has 2 aromatic carbocycles. The number of ether oxygens (including phenoxy) is 1. The van der Waals surface area contributed by atoms with E-state index in [0.717, 1.165) is 49.7 Å². The molecule has 0 radical (unpaired) electrons. The highest BCUT2D eigenvalue weighted by atomic mass is 16.5. The number of guanidine groups is 1. The molecule has 1 aliphatic rings. The first-order valence-corrected chi connectivity index (χ1v) is 10.2. The Bertz CT molecular complexity index is 784. The van der Waals surface area contributed by atoms with Crippen LogP contribution < -0.4 is 15.4 Å². The molecule has 29 heavy (non-hydrogen) atoms. The van der Waals surface area contributed by atoms with E-state index < -0.39 is 0 Å². The summed E-state index contributed by atoms with van der Waals surface area (Å²) >= 11 is 0. The van der Waals surface area contributed by atoms with Crippen LogP contribution in [0.25, 0.3) is 0 Å². The number of rotatable bonds is 7. The maximum atomic E-state index is 9.63. The van der Waals surface area contributed by atoms with Crippen molar-refractivity contribution >= 4 is 5.96 Å². The molecule has 156 valence electrons. The van der Waals surface area contributed by atoms with E-state index >= 15 is 0 Å². The molecule has 0 amide bonds. The van der Waals surface area contributed by atoms with E-state index in [1.54, 1.807) is 14.2 Å². The standard InChI is InChI=1S/C23H32N4O2/c1-24-23(26-16-20-4-3-5-22(14-20)29-2)25-15-18-6-8-19(9-7-18)17-27-12-10-21(28)11-13-27/h3-9,14,21,28H,10-13,15-17H2,1-2H3,(H2,24,25,26). The van der Waals surface area contributed by atoms with Gasteiger partial charge in [-0.05, 0) is 41.7 Å². The van der Waals surface area contributed by atoms with Gasteiger partial charge in [0.15, 0.2) is 5.96 Å². The van der Waals surface area contributed by atoms with Crippen LogP contribution in [0.2, 0.25) is 0 Å². The highest BCUT2D eigenvalue weighted by molar-refractivity contribution is 5.79. The van der Waals surface area contributed by atoms with Gasteiger partial charge in [0.2, 0.25) is 0 Å². The molecule has 0 spiro atoms. The molecular weight excluding hydrogens is 364 g/mol. The van der Waals surface area contributed by atoms with Crippen LogP contribution in [0.15, 0.2) is 53.5 Å². The maximum Gasteiger partial charge on any atom is 0.191 e. The minimum Gasteiger partial charge on any atom is -0.497 e. The lowest BCUT2D eigenvalue weighted by Crippen LogP contribution is -2.36. The van der Waals surface area contributed by atoms with Crippen molar-refractivity contribution in [3.8, 4) is 5.75 Å². The van der Waals surface area contributed by atoms with E-state index in [-0.39, 0.29) is 6.10 Å². The second kappa shape index (κ2) is 10.8. The van der Waals surface area contributed by atoms with E-state index in [4.69, 9.17) is 4.74 Å². The number of likely N-dealkylation sites (tertiary alicyclic amines) is 1. The van der Waals surface area contributed by atoms with Crippen molar-refractivity contribution in [1.82, 2.24) is 15.5 Å². The number of aliphatic hydroxyl groups is 1. The third kappa shape index (κ3) is 6.76. The van der Waals surface area contributed by atoms with Gasteiger partial charge in [0.05, 0.1) is 13.2 Å². The molecule has 0 aromatic heterocycles. The number of hydrogen-bond acceptors (Lipinski definition) is 4. The monoisotopic (exact) mass is 396 g/mol. The fraction of sp³-hybridized carbons (Fsp3) is 0.435. The van der Waals surface area contributed by atoms with Gasteiger partial charge in [-0.15, -0.1) is 0 Å². The molecule has 2 aromatic rings. The van der Waals surface area contributed by atoms with Crippen molar-refractivity contribution < 1.29 is 9.84 Å². The topological polar surface area (TPSA) is 69.1 Å². The SMILES string of the molecule is CN=C(NCc1ccc(CN2CCC(O)CC2)cc1)NCc1cccc(OC)c1. The van der Waals surface area contributed by atoms with Gasteiger partial charge in [-0.1, -0.05) is 36.4 Å². The number of aliphatic imine (C=N–C) groups is 1. The highest BCUT2D eigenvalue weighted by Crippen LogP contribution is 2.14. The number of hydrogen-bond donors (Lipinski definition) is 3. The molecule has 0 aliphatic carbocycles. The summed E-state index contributed by atoms with van der Waals surface area (Å²) in [6.45, 7) is 4.29. The van der Waals surface area contributed by atoms with Crippen LogP contribution in [-0.4, -0.2) is 49.3 Å². The number of benzene rings is 2. The molecule has 1 saturated heterocycles. The third-order valence-corrected chi connectivity index (χ3v) is 5.26. The molecule has 0 atom stereocenters. The molecule has 6 nitrogen and oxygen atoms in total. The van der Waals surface area contributed by atoms with Crippen molar-refractivity contribution in [2.24, 2.45) is 4.99 Å². The first kappa shape index (κ1) is 21.1. The van der Waals surface area contributed by atoms with Crippen molar-refractivity contribution in [1.29, 1.82) is 0 Å². The zero-order valence-electron chi connectivity index (χ0n) is 17.4. The number of methoxy groups -OCH3 is 1. The Balaban J connectivity index is 1.44. The Kier molecular flexibility index (Phi) is 7.90. The molecule has 6 heteroatoms. The van der Waals surface area contributed by atoms with E-state index in [1.807, 2.05) is 18.2 Å². The fourth-order valence-corrected chi connectivity index (χ4v) is 3.47. The molecule has 0 unspecified atom stereocenters. The van der Waals surface area contributed by atoms with Crippen LogP contribution in [0.5, 0.6) is 5.75 Å². The second-order valence-electron chi connectivity index (χ2n) is 7.45. The molecule has 0 saturated carbocycles. The summed E-state index contributed by atoms with van der Waals surface area (Å²) < 4.78 is 5.27. The van der Waals surface area contributed by atoms with Gasteiger partial charge in [0.1, 0.15) is 5.75 Å². The molecule has 1 heterocycles. The number of piperidine rings is 1.